The Morgan fingerprint density at radius 3 is 2.57 bits per heavy atom. The molecule has 1 heterocycles. The molecule has 1 N–H and O–H groups in total. The average molecular weight is 200 g/mol. The Labute approximate surface area is 85.6 Å². The minimum atomic E-state index is -0.230. The predicted molar refractivity (Wildman–Crippen MR) is 55.3 cm³/mol. The molecule has 1 aliphatic heterocycles. The Morgan fingerprint density at radius 1 is 1.50 bits per heavy atom. The van der Waals surface area contributed by atoms with Gasteiger partial charge in [-0.2, -0.15) is 0 Å². The summed E-state index contributed by atoms with van der Waals surface area (Å²) in [7, 11) is 1.77. The van der Waals surface area contributed by atoms with Gasteiger partial charge in [-0.05, 0) is 33.7 Å². The zero-order valence-corrected chi connectivity index (χ0v) is 9.46. The van der Waals surface area contributed by atoms with E-state index in [4.69, 9.17) is 4.74 Å². The molecule has 4 nitrogen and oxygen atoms in total. The van der Waals surface area contributed by atoms with Crippen molar-refractivity contribution >= 4 is 6.09 Å². The van der Waals surface area contributed by atoms with Gasteiger partial charge in [0.25, 0.3) is 0 Å². The monoisotopic (exact) mass is 200 g/mol. The summed E-state index contributed by atoms with van der Waals surface area (Å²) in [5.41, 5.74) is -0.177. The molecule has 1 unspecified atom stereocenters. The number of hydrogen-bond acceptors (Lipinski definition) is 3. The summed E-state index contributed by atoms with van der Waals surface area (Å²) in [6, 6.07) is 0. The van der Waals surface area contributed by atoms with Gasteiger partial charge in [0.1, 0.15) is 6.10 Å². The predicted octanol–water partition coefficient (Wildman–Crippen LogP) is 1.22. The van der Waals surface area contributed by atoms with E-state index < -0.39 is 0 Å². The fourth-order valence-electron chi connectivity index (χ4n) is 1.22. The van der Waals surface area contributed by atoms with Crippen molar-refractivity contribution in [3.8, 4) is 0 Å². The lowest BCUT2D eigenvalue weighted by Gasteiger charge is -2.31. The normalized spacial score (nSPS) is 22.1. The van der Waals surface area contributed by atoms with Crippen molar-refractivity contribution in [3.05, 3.63) is 0 Å². The Balaban J connectivity index is 2.41. The highest BCUT2D eigenvalue weighted by atomic mass is 16.6. The second-order valence-corrected chi connectivity index (χ2v) is 4.73. The number of nitrogens with zero attached hydrogens (tertiary/aromatic N) is 1. The standard InChI is InChI=1S/C10H20N2O2/c1-10(2,3)12(4)9(13)14-8-5-6-11-7-8/h8,11H,5-7H2,1-4H3. The van der Waals surface area contributed by atoms with Crippen LogP contribution in [0.3, 0.4) is 0 Å². The molecule has 1 atom stereocenters. The van der Waals surface area contributed by atoms with Crippen LogP contribution in [0.2, 0.25) is 0 Å². The van der Waals surface area contributed by atoms with Gasteiger partial charge >= 0.3 is 6.09 Å². The Morgan fingerprint density at radius 2 is 2.14 bits per heavy atom. The van der Waals surface area contributed by atoms with Crippen LogP contribution in [0.15, 0.2) is 0 Å². The molecule has 1 saturated heterocycles. The SMILES string of the molecule is CN(C(=O)OC1CCNC1)C(C)(C)C. The topological polar surface area (TPSA) is 41.6 Å². The zero-order valence-electron chi connectivity index (χ0n) is 9.46. The molecule has 0 spiro atoms. The van der Waals surface area contributed by atoms with Gasteiger partial charge in [0.2, 0.25) is 0 Å². The lowest BCUT2D eigenvalue weighted by atomic mass is 10.1. The maximum atomic E-state index is 11.6. The molecule has 0 aromatic rings. The number of ether oxygens (including phenoxy) is 1. The molecule has 82 valence electrons. The first-order valence-corrected chi connectivity index (χ1v) is 5.06. The van der Waals surface area contributed by atoms with Crippen LogP contribution in [-0.4, -0.2) is 42.8 Å². The van der Waals surface area contributed by atoms with E-state index in [0.29, 0.717) is 0 Å². The molecule has 1 rings (SSSR count). The van der Waals surface area contributed by atoms with Crippen molar-refractivity contribution in [1.29, 1.82) is 0 Å². The summed E-state index contributed by atoms with van der Waals surface area (Å²) in [6.07, 6.45) is 0.738. The van der Waals surface area contributed by atoms with Crippen LogP contribution in [0.5, 0.6) is 0 Å². The number of carbonyl (C=O) groups excluding carboxylic acids is 1. The quantitative estimate of drug-likeness (QED) is 0.692. The van der Waals surface area contributed by atoms with Gasteiger partial charge < -0.3 is 15.0 Å². The number of hydrogen-bond donors (Lipinski definition) is 1. The van der Waals surface area contributed by atoms with Gasteiger partial charge in [0.15, 0.2) is 0 Å². The summed E-state index contributed by atoms with van der Waals surface area (Å²) in [4.78, 5) is 13.3. The third kappa shape index (κ3) is 2.87. The fraction of sp³-hybridized carbons (Fsp3) is 0.900. The van der Waals surface area contributed by atoms with Gasteiger partial charge in [-0.15, -0.1) is 0 Å². The Kier molecular flexibility index (Phi) is 3.37. The van der Waals surface area contributed by atoms with Crippen LogP contribution in [0.25, 0.3) is 0 Å². The first-order valence-electron chi connectivity index (χ1n) is 5.06. The molecule has 0 aromatic carbocycles. The number of nitrogens with one attached hydrogen (secondary N) is 1. The third-order valence-corrected chi connectivity index (χ3v) is 2.56. The van der Waals surface area contributed by atoms with E-state index in [1.807, 2.05) is 20.8 Å². The van der Waals surface area contributed by atoms with Crippen molar-refractivity contribution in [3.63, 3.8) is 0 Å². The average Bonchev–Trinajstić information content (AvgIpc) is 2.53. The van der Waals surface area contributed by atoms with E-state index in [1.165, 1.54) is 0 Å². The van der Waals surface area contributed by atoms with Crippen molar-refractivity contribution in [2.45, 2.75) is 38.8 Å². The van der Waals surface area contributed by atoms with Gasteiger partial charge in [0, 0.05) is 19.1 Å². The molecule has 1 fully saturated rings. The van der Waals surface area contributed by atoms with Gasteiger partial charge in [0.05, 0.1) is 0 Å². The molecule has 0 aliphatic carbocycles. The maximum absolute atomic E-state index is 11.6. The maximum Gasteiger partial charge on any atom is 0.410 e. The summed E-state index contributed by atoms with van der Waals surface area (Å²) in [5, 5.41) is 3.16. The molecule has 4 heteroatoms. The van der Waals surface area contributed by atoms with E-state index in [9.17, 15) is 4.79 Å². The van der Waals surface area contributed by atoms with Crippen molar-refractivity contribution in [2.24, 2.45) is 0 Å². The van der Waals surface area contributed by atoms with Crippen LogP contribution < -0.4 is 5.32 Å². The number of rotatable bonds is 1. The first-order chi connectivity index (χ1) is 6.41. The summed E-state index contributed by atoms with van der Waals surface area (Å²) < 4.78 is 5.32. The molecule has 0 aromatic heterocycles. The molecular formula is C10H20N2O2. The smallest absolute Gasteiger partial charge is 0.410 e. The number of carbonyl (C=O) groups is 1. The van der Waals surface area contributed by atoms with Crippen LogP contribution in [0, 0.1) is 0 Å². The summed E-state index contributed by atoms with van der Waals surface area (Å²) in [5.74, 6) is 0. The van der Waals surface area contributed by atoms with Crippen molar-refractivity contribution in [1.82, 2.24) is 10.2 Å². The number of amides is 1. The second-order valence-electron chi connectivity index (χ2n) is 4.73. The highest BCUT2D eigenvalue weighted by Crippen LogP contribution is 2.14. The van der Waals surface area contributed by atoms with Gasteiger partial charge in [-0.1, -0.05) is 0 Å². The molecule has 0 bridgehead atoms. The van der Waals surface area contributed by atoms with Gasteiger partial charge in [-0.25, -0.2) is 4.79 Å². The van der Waals surface area contributed by atoms with E-state index >= 15 is 0 Å². The Hall–Kier alpha value is -0.770. The highest BCUT2D eigenvalue weighted by Gasteiger charge is 2.27. The van der Waals surface area contributed by atoms with E-state index in [1.54, 1.807) is 11.9 Å². The third-order valence-electron chi connectivity index (χ3n) is 2.56. The van der Waals surface area contributed by atoms with Crippen LogP contribution >= 0.6 is 0 Å². The largest absolute Gasteiger partial charge is 0.445 e. The lowest BCUT2D eigenvalue weighted by Crippen LogP contribution is -2.44. The molecule has 1 amide bonds. The molecule has 1 aliphatic rings. The summed E-state index contributed by atoms with van der Waals surface area (Å²) in [6.45, 7) is 7.68. The minimum Gasteiger partial charge on any atom is -0.445 e. The summed E-state index contributed by atoms with van der Waals surface area (Å²) >= 11 is 0. The molecular weight excluding hydrogens is 180 g/mol. The highest BCUT2D eigenvalue weighted by molar-refractivity contribution is 5.68. The van der Waals surface area contributed by atoms with Gasteiger partial charge in [-0.3, -0.25) is 0 Å². The molecule has 0 radical (unpaired) electrons. The van der Waals surface area contributed by atoms with Crippen LogP contribution in [-0.2, 0) is 4.74 Å². The van der Waals surface area contributed by atoms with Crippen molar-refractivity contribution in [2.75, 3.05) is 20.1 Å². The van der Waals surface area contributed by atoms with E-state index in [2.05, 4.69) is 5.32 Å². The first kappa shape index (κ1) is 11.3. The van der Waals surface area contributed by atoms with Crippen molar-refractivity contribution < 1.29 is 9.53 Å². The lowest BCUT2D eigenvalue weighted by molar-refractivity contribution is 0.0540. The van der Waals surface area contributed by atoms with E-state index in [-0.39, 0.29) is 17.7 Å². The fourth-order valence-corrected chi connectivity index (χ4v) is 1.22. The minimum absolute atomic E-state index is 0.0484. The van der Waals surface area contributed by atoms with E-state index in [0.717, 1.165) is 19.5 Å². The molecule has 0 saturated carbocycles. The Bertz CT molecular complexity index is 205. The zero-order chi connectivity index (χ0) is 10.8. The molecule has 14 heavy (non-hydrogen) atoms. The second kappa shape index (κ2) is 4.17. The van der Waals surface area contributed by atoms with Crippen LogP contribution in [0.4, 0.5) is 4.79 Å². The van der Waals surface area contributed by atoms with Crippen LogP contribution in [0.1, 0.15) is 27.2 Å².